The molecule has 0 saturated heterocycles. The highest BCUT2D eigenvalue weighted by molar-refractivity contribution is 6.09. The zero-order valence-electron chi connectivity index (χ0n) is 26.9. The molecule has 1 aromatic heterocycles. The van der Waals surface area contributed by atoms with Crippen molar-refractivity contribution in [3.8, 4) is 27.9 Å². The normalized spacial score (nSPS) is 14.3. The number of nitrogens with one attached hydrogen (secondary N) is 1. The maximum Gasteiger partial charge on any atom is 0.133 e. The molecule has 9 rings (SSSR count). The Morgan fingerprint density at radius 1 is 0.408 bits per heavy atom. The second kappa shape index (κ2) is 12.3. The first-order valence-electron chi connectivity index (χ1n) is 16.8. The lowest BCUT2D eigenvalue weighted by molar-refractivity contribution is 0.879. The van der Waals surface area contributed by atoms with E-state index in [-0.39, 0.29) is 6.04 Å². The van der Waals surface area contributed by atoms with Crippen LogP contribution in [0.1, 0.15) is 22.7 Å². The first-order valence-corrected chi connectivity index (χ1v) is 16.8. The summed E-state index contributed by atoms with van der Waals surface area (Å²) < 4.78 is 2.36. The molecule has 7 aromatic carbocycles. The first-order chi connectivity index (χ1) is 24.3. The Labute approximate surface area is 286 Å². The van der Waals surface area contributed by atoms with E-state index in [2.05, 4.69) is 198 Å². The highest BCUT2D eigenvalue weighted by Crippen LogP contribution is 2.34. The fourth-order valence-electron chi connectivity index (χ4n) is 6.97. The molecule has 1 N–H and O–H groups in total. The molecule has 0 fully saturated rings. The molecule has 3 heteroatoms. The van der Waals surface area contributed by atoms with E-state index in [0.717, 1.165) is 33.9 Å². The Kier molecular flexibility index (Phi) is 7.21. The Morgan fingerprint density at radius 3 is 1.41 bits per heavy atom. The number of amidine groups is 1. The summed E-state index contributed by atoms with van der Waals surface area (Å²) in [5.74, 6) is 0.862. The van der Waals surface area contributed by atoms with Crippen LogP contribution in [0.3, 0.4) is 0 Å². The molecule has 232 valence electrons. The van der Waals surface area contributed by atoms with Crippen LogP contribution in [0, 0.1) is 0 Å². The molecular formula is C46H33N3. The van der Waals surface area contributed by atoms with E-state index in [4.69, 9.17) is 4.99 Å². The third kappa shape index (κ3) is 5.42. The van der Waals surface area contributed by atoms with Crippen molar-refractivity contribution < 1.29 is 0 Å². The van der Waals surface area contributed by atoms with E-state index in [1.807, 2.05) is 0 Å². The topological polar surface area (TPSA) is 29.3 Å². The number of hydrogen-bond acceptors (Lipinski definition) is 2. The molecule has 49 heavy (non-hydrogen) atoms. The van der Waals surface area contributed by atoms with Crippen molar-refractivity contribution in [2.45, 2.75) is 6.04 Å². The number of para-hydroxylation sites is 2. The van der Waals surface area contributed by atoms with Crippen molar-refractivity contribution in [3.63, 3.8) is 0 Å². The molecule has 2 heterocycles. The number of nitrogens with zero attached hydrogens (tertiary/aromatic N) is 2. The van der Waals surface area contributed by atoms with Gasteiger partial charge in [0.2, 0.25) is 0 Å². The maximum atomic E-state index is 5.28. The summed E-state index contributed by atoms with van der Waals surface area (Å²) in [6.07, 6.45) is 2.24. The van der Waals surface area contributed by atoms with E-state index in [1.165, 1.54) is 44.1 Å². The Bertz CT molecular complexity index is 2320. The van der Waals surface area contributed by atoms with Gasteiger partial charge in [0.15, 0.2) is 0 Å². The van der Waals surface area contributed by atoms with Crippen molar-refractivity contribution in [1.29, 1.82) is 0 Å². The first kappa shape index (κ1) is 28.7. The maximum absolute atomic E-state index is 5.28. The summed E-state index contributed by atoms with van der Waals surface area (Å²) >= 11 is 0. The Balaban J connectivity index is 1.10. The Morgan fingerprint density at radius 2 is 0.857 bits per heavy atom. The van der Waals surface area contributed by atoms with E-state index >= 15 is 0 Å². The second-order valence-electron chi connectivity index (χ2n) is 12.5. The highest BCUT2D eigenvalue weighted by atomic mass is 15.0. The fraction of sp³-hybridized carbons (Fsp3) is 0.0217. The summed E-state index contributed by atoms with van der Waals surface area (Å²) in [7, 11) is 0. The standard InChI is InChI=1S/C46H33N3/c1-3-11-32(12-4-1)34-19-23-36(24-20-34)42-31-43(48-46(47-42)38-25-21-35(22-26-38)33-13-5-2-6-14-33)37-27-29-39(30-28-37)49-44-17-9-7-15-40(44)41-16-8-10-18-45(41)49/h1-31,43H,(H,47,48). The van der Waals surface area contributed by atoms with Crippen molar-refractivity contribution in [2.75, 3.05) is 0 Å². The average molecular weight is 628 g/mol. The molecular weight excluding hydrogens is 595 g/mol. The number of fused-ring (bicyclic) bond motifs is 3. The second-order valence-corrected chi connectivity index (χ2v) is 12.5. The van der Waals surface area contributed by atoms with Crippen LogP contribution >= 0.6 is 0 Å². The SMILES string of the molecule is C1=C(c2ccc(-c3ccccc3)cc2)NC(c2ccc(-c3ccccc3)cc2)=NC1c1ccc(-n2c3ccccc3c3ccccc32)cc1. The number of hydrogen-bond donors (Lipinski definition) is 1. The summed E-state index contributed by atoms with van der Waals surface area (Å²) in [5.41, 5.74) is 12.7. The predicted molar refractivity (Wildman–Crippen MR) is 205 cm³/mol. The van der Waals surface area contributed by atoms with Gasteiger partial charge >= 0.3 is 0 Å². The largest absolute Gasteiger partial charge is 0.340 e. The van der Waals surface area contributed by atoms with Crippen LogP contribution in [0.15, 0.2) is 193 Å². The number of aliphatic imine (C=N–C) groups is 1. The van der Waals surface area contributed by atoms with Gasteiger partial charge < -0.3 is 9.88 Å². The summed E-state index contributed by atoms with van der Waals surface area (Å²) in [6.45, 7) is 0. The zero-order valence-corrected chi connectivity index (χ0v) is 26.9. The van der Waals surface area contributed by atoms with E-state index in [0.29, 0.717) is 0 Å². The number of aromatic nitrogens is 1. The molecule has 0 radical (unpaired) electrons. The van der Waals surface area contributed by atoms with Crippen molar-refractivity contribution in [3.05, 3.63) is 205 Å². The predicted octanol–water partition coefficient (Wildman–Crippen LogP) is 11.2. The van der Waals surface area contributed by atoms with Gasteiger partial charge in [0.1, 0.15) is 5.84 Å². The van der Waals surface area contributed by atoms with E-state index < -0.39 is 0 Å². The molecule has 0 amide bonds. The fourth-order valence-corrected chi connectivity index (χ4v) is 6.97. The molecule has 0 saturated carbocycles. The minimum absolute atomic E-state index is 0.152. The van der Waals surface area contributed by atoms with Gasteiger partial charge in [-0.1, -0.05) is 158 Å². The Hall–Kier alpha value is -6.45. The van der Waals surface area contributed by atoms with Gasteiger partial charge in [-0.15, -0.1) is 0 Å². The molecule has 1 unspecified atom stereocenters. The van der Waals surface area contributed by atoms with E-state index in [9.17, 15) is 0 Å². The van der Waals surface area contributed by atoms with Crippen LogP contribution in [0.5, 0.6) is 0 Å². The molecule has 8 aromatic rings. The lowest BCUT2D eigenvalue weighted by Gasteiger charge is -2.24. The third-order valence-corrected chi connectivity index (χ3v) is 9.49. The van der Waals surface area contributed by atoms with Crippen LogP contribution < -0.4 is 5.32 Å². The smallest absolute Gasteiger partial charge is 0.133 e. The van der Waals surface area contributed by atoms with Gasteiger partial charge in [0.25, 0.3) is 0 Å². The van der Waals surface area contributed by atoms with Crippen LogP contribution in [0.4, 0.5) is 0 Å². The van der Waals surface area contributed by atoms with Crippen LogP contribution in [0.25, 0.3) is 55.4 Å². The third-order valence-electron chi connectivity index (χ3n) is 9.49. The molecule has 1 atom stereocenters. The minimum Gasteiger partial charge on any atom is -0.340 e. The van der Waals surface area contributed by atoms with Gasteiger partial charge in [-0.05, 0) is 63.7 Å². The van der Waals surface area contributed by atoms with Gasteiger partial charge in [-0.3, -0.25) is 4.99 Å². The van der Waals surface area contributed by atoms with Crippen LogP contribution in [0.2, 0.25) is 0 Å². The molecule has 1 aliphatic heterocycles. The minimum atomic E-state index is -0.152. The number of benzene rings is 7. The van der Waals surface area contributed by atoms with Gasteiger partial charge in [0.05, 0.1) is 17.1 Å². The summed E-state index contributed by atoms with van der Waals surface area (Å²) in [5, 5.41) is 6.21. The number of rotatable bonds is 6. The lowest BCUT2D eigenvalue weighted by Crippen LogP contribution is -2.27. The van der Waals surface area contributed by atoms with Crippen molar-refractivity contribution in [2.24, 2.45) is 4.99 Å². The van der Waals surface area contributed by atoms with Crippen molar-refractivity contribution >= 4 is 33.3 Å². The van der Waals surface area contributed by atoms with Gasteiger partial charge in [-0.25, -0.2) is 0 Å². The lowest BCUT2D eigenvalue weighted by atomic mass is 9.98. The molecule has 1 aliphatic rings. The summed E-state index contributed by atoms with van der Waals surface area (Å²) in [6, 6.07) is 64.5. The quantitative estimate of drug-likeness (QED) is 0.195. The van der Waals surface area contributed by atoms with Crippen molar-refractivity contribution in [1.82, 2.24) is 9.88 Å². The molecule has 0 aliphatic carbocycles. The molecule has 3 nitrogen and oxygen atoms in total. The molecule has 0 bridgehead atoms. The van der Waals surface area contributed by atoms with Gasteiger partial charge in [-0.2, -0.15) is 0 Å². The van der Waals surface area contributed by atoms with Gasteiger partial charge in [0, 0.05) is 27.7 Å². The summed E-state index contributed by atoms with van der Waals surface area (Å²) in [4.78, 5) is 5.28. The zero-order chi connectivity index (χ0) is 32.6. The molecule has 0 spiro atoms. The van der Waals surface area contributed by atoms with Crippen LogP contribution in [-0.2, 0) is 0 Å². The average Bonchev–Trinajstić information content (AvgIpc) is 3.53. The monoisotopic (exact) mass is 627 g/mol. The van der Waals surface area contributed by atoms with E-state index in [1.54, 1.807) is 0 Å². The van der Waals surface area contributed by atoms with Crippen LogP contribution in [-0.4, -0.2) is 10.4 Å². The highest BCUT2D eigenvalue weighted by Gasteiger charge is 2.20.